The fraction of sp³-hybridized carbons (Fsp3) is 0.278. The molecule has 0 amide bonds. The summed E-state index contributed by atoms with van der Waals surface area (Å²) in [4.78, 5) is 40.4. The number of hydrogen-bond donors (Lipinski definition) is 1. The van der Waals surface area contributed by atoms with Crippen molar-refractivity contribution < 1.29 is 9.53 Å². The van der Waals surface area contributed by atoms with Crippen LogP contribution in [0.2, 0.25) is 0 Å². The second kappa shape index (κ2) is 7.48. The lowest BCUT2D eigenvalue weighted by Gasteiger charge is -2.06. The molecule has 0 fully saturated rings. The van der Waals surface area contributed by atoms with E-state index in [0.717, 1.165) is 15.9 Å². The van der Waals surface area contributed by atoms with E-state index >= 15 is 0 Å². The summed E-state index contributed by atoms with van der Waals surface area (Å²) in [6.07, 6.45) is 1.48. The second-order valence-electron chi connectivity index (χ2n) is 5.73. The first-order chi connectivity index (χ1) is 12.0. The third-order valence-corrected chi connectivity index (χ3v) is 4.77. The van der Waals surface area contributed by atoms with Gasteiger partial charge in [0.1, 0.15) is 11.4 Å². The fourth-order valence-corrected chi connectivity index (χ4v) is 3.49. The van der Waals surface area contributed by atoms with Crippen LogP contribution in [0.3, 0.4) is 0 Å². The molecule has 1 aromatic carbocycles. The predicted molar refractivity (Wildman–Crippen MR) is 97.2 cm³/mol. The van der Waals surface area contributed by atoms with Crippen molar-refractivity contribution in [2.45, 2.75) is 26.3 Å². The molecule has 1 N–H and O–H groups in total. The van der Waals surface area contributed by atoms with Gasteiger partial charge in [-0.05, 0) is 31.4 Å². The number of thiophene rings is 1. The zero-order valence-electron chi connectivity index (χ0n) is 13.8. The van der Waals surface area contributed by atoms with E-state index in [1.54, 1.807) is 6.07 Å². The molecule has 7 heteroatoms. The molecular weight excluding hydrogens is 340 g/mol. The maximum atomic E-state index is 12.4. The first kappa shape index (κ1) is 17.2. The Kier molecular flexibility index (Phi) is 5.14. The fourth-order valence-electron chi connectivity index (χ4n) is 2.59. The molecule has 6 nitrogen and oxygen atoms in total. The van der Waals surface area contributed by atoms with E-state index in [9.17, 15) is 14.4 Å². The second-order valence-corrected chi connectivity index (χ2v) is 6.99. The zero-order chi connectivity index (χ0) is 17.8. The quantitative estimate of drug-likeness (QED) is 0.541. The summed E-state index contributed by atoms with van der Waals surface area (Å²) in [5.74, 6) is -0.591. The van der Waals surface area contributed by atoms with Gasteiger partial charge in [0.2, 0.25) is 0 Å². The molecule has 0 saturated heterocycles. The van der Waals surface area contributed by atoms with E-state index in [1.165, 1.54) is 16.9 Å². The van der Waals surface area contributed by atoms with E-state index < -0.39 is 17.2 Å². The topological polar surface area (TPSA) is 81.2 Å². The highest BCUT2D eigenvalue weighted by Gasteiger charge is 2.13. The van der Waals surface area contributed by atoms with Crippen LogP contribution in [0.1, 0.15) is 16.9 Å². The Morgan fingerprint density at radius 1 is 1.24 bits per heavy atom. The number of aromatic nitrogens is 2. The molecule has 3 aromatic rings. The van der Waals surface area contributed by atoms with Crippen molar-refractivity contribution >= 4 is 27.5 Å². The van der Waals surface area contributed by atoms with E-state index in [4.69, 9.17) is 4.74 Å². The number of carbonyl (C=O) groups excluding carboxylic acids is 1. The first-order valence-corrected chi connectivity index (χ1v) is 8.79. The molecule has 0 aliphatic heterocycles. The Balaban J connectivity index is 1.60. The number of nitrogens with zero attached hydrogens (tertiary/aromatic N) is 1. The van der Waals surface area contributed by atoms with E-state index in [0.29, 0.717) is 16.6 Å². The number of H-pyrrole nitrogens is 1. The largest absolute Gasteiger partial charge is 0.464 e. The summed E-state index contributed by atoms with van der Waals surface area (Å²) in [6.45, 7) is 1.72. The van der Waals surface area contributed by atoms with Crippen LogP contribution in [0, 0.1) is 6.92 Å². The SMILES string of the molecule is Cc1cc2c(=O)n(CC(=O)OCCCc3ccccc3)c(=O)[nH]c2s1. The molecule has 0 bridgehead atoms. The first-order valence-electron chi connectivity index (χ1n) is 7.97. The van der Waals surface area contributed by atoms with Gasteiger partial charge in [0, 0.05) is 4.88 Å². The van der Waals surface area contributed by atoms with Crippen molar-refractivity contribution in [3.8, 4) is 0 Å². The Hall–Kier alpha value is -2.67. The van der Waals surface area contributed by atoms with E-state index in [2.05, 4.69) is 4.98 Å². The molecule has 2 heterocycles. The minimum atomic E-state index is -0.597. The van der Waals surface area contributed by atoms with Crippen molar-refractivity contribution in [2.24, 2.45) is 0 Å². The van der Waals surface area contributed by atoms with Crippen LogP contribution in [-0.4, -0.2) is 22.1 Å². The molecule has 0 aliphatic carbocycles. The molecular formula is C18H18N2O4S. The van der Waals surface area contributed by atoms with Crippen molar-refractivity contribution in [3.05, 3.63) is 67.7 Å². The summed E-state index contributed by atoms with van der Waals surface area (Å²) in [5.41, 5.74) is 0.106. The van der Waals surface area contributed by atoms with Gasteiger partial charge < -0.3 is 4.74 Å². The summed E-state index contributed by atoms with van der Waals surface area (Å²) >= 11 is 1.34. The van der Waals surface area contributed by atoms with Gasteiger partial charge >= 0.3 is 11.7 Å². The highest BCUT2D eigenvalue weighted by molar-refractivity contribution is 7.18. The lowest BCUT2D eigenvalue weighted by atomic mass is 10.1. The van der Waals surface area contributed by atoms with Gasteiger partial charge in [-0.2, -0.15) is 0 Å². The van der Waals surface area contributed by atoms with Gasteiger partial charge in [-0.25, -0.2) is 9.36 Å². The predicted octanol–water partition coefficient (Wildman–Crippen LogP) is 2.24. The van der Waals surface area contributed by atoms with Crippen LogP contribution in [0.15, 0.2) is 46.0 Å². The van der Waals surface area contributed by atoms with Crippen molar-refractivity contribution in [3.63, 3.8) is 0 Å². The van der Waals surface area contributed by atoms with Crippen molar-refractivity contribution in [1.29, 1.82) is 0 Å². The molecule has 0 radical (unpaired) electrons. The Morgan fingerprint density at radius 2 is 2.00 bits per heavy atom. The van der Waals surface area contributed by atoms with Crippen LogP contribution < -0.4 is 11.2 Å². The number of benzene rings is 1. The highest BCUT2D eigenvalue weighted by atomic mass is 32.1. The maximum Gasteiger partial charge on any atom is 0.329 e. The van der Waals surface area contributed by atoms with Gasteiger partial charge in [0.15, 0.2) is 0 Å². The Bertz CT molecular complexity index is 1000. The molecule has 0 aliphatic rings. The van der Waals surface area contributed by atoms with Gasteiger partial charge in [0.25, 0.3) is 5.56 Å². The van der Waals surface area contributed by atoms with E-state index in [1.807, 2.05) is 37.3 Å². The van der Waals surface area contributed by atoms with Crippen molar-refractivity contribution in [2.75, 3.05) is 6.61 Å². The number of nitrogens with one attached hydrogen (secondary N) is 1. The smallest absolute Gasteiger partial charge is 0.329 e. The Morgan fingerprint density at radius 3 is 2.76 bits per heavy atom. The molecule has 130 valence electrons. The van der Waals surface area contributed by atoms with Gasteiger partial charge in [-0.1, -0.05) is 30.3 Å². The molecule has 3 rings (SSSR count). The standard InChI is InChI=1S/C18H18N2O4S/c1-12-10-14-16(25-12)19-18(23)20(17(14)22)11-15(21)24-9-5-8-13-6-3-2-4-7-13/h2-4,6-7,10H,5,8-9,11H2,1H3,(H,19,23). The molecule has 0 saturated carbocycles. The van der Waals surface area contributed by atoms with Crippen LogP contribution in [-0.2, 0) is 22.5 Å². The average Bonchev–Trinajstić information content (AvgIpc) is 2.97. The minimum absolute atomic E-state index is 0.250. The average molecular weight is 358 g/mol. The third kappa shape index (κ3) is 4.06. The molecule has 0 spiro atoms. The van der Waals surface area contributed by atoms with Crippen molar-refractivity contribution in [1.82, 2.24) is 9.55 Å². The lowest BCUT2D eigenvalue weighted by Crippen LogP contribution is -2.37. The number of carbonyl (C=O) groups is 1. The summed E-state index contributed by atoms with van der Waals surface area (Å²) in [7, 11) is 0. The minimum Gasteiger partial charge on any atom is -0.464 e. The Labute approximate surface area is 147 Å². The van der Waals surface area contributed by atoms with E-state index in [-0.39, 0.29) is 13.2 Å². The number of aromatic amines is 1. The molecule has 25 heavy (non-hydrogen) atoms. The number of ether oxygens (including phenoxy) is 1. The van der Waals surface area contributed by atoms with Crippen LogP contribution in [0.5, 0.6) is 0 Å². The third-order valence-electron chi connectivity index (χ3n) is 3.80. The summed E-state index contributed by atoms with van der Waals surface area (Å²) < 4.78 is 6.03. The number of aryl methyl sites for hydroxylation is 2. The molecule has 0 atom stereocenters. The van der Waals surface area contributed by atoms with Gasteiger partial charge in [-0.15, -0.1) is 11.3 Å². The molecule has 2 aromatic heterocycles. The number of fused-ring (bicyclic) bond motifs is 1. The number of hydrogen-bond acceptors (Lipinski definition) is 5. The van der Waals surface area contributed by atoms with Crippen LogP contribution in [0.25, 0.3) is 10.2 Å². The van der Waals surface area contributed by atoms with Gasteiger partial charge in [0.05, 0.1) is 12.0 Å². The van der Waals surface area contributed by atoms with Crippen LogP contribution >= 0.6 is 11.3 Å². The molecule has 0 unspecified atom stereocenters. The number of esters is 1. The highest BCUT2D eigenvalue weighted by Crippen LogP contribution is 2.18. The van der Waals surface area contributed by atoms with Gasteiger partial charge in [-0.3, -0.25) is 14.6 Å². The van der Waals surface area contributed by atoms with Crippen LogP contribution in [0.4, 0.5) is 0 Å². The lowest BCUT2D eigenvalue weighted by molar-refractivity contribution is -0.144. The normalized spacial score (nSPS) is 10.9. The summed E-state index contributed by atoms with van der Waals surface area (Å²) in [6, 6.07) is 11.6. The summed E-state index contributed by atoms with van der Waals surface area (Å²) in [5, 5.41) is 0.416. The number of rotatable bonds is 6. The zero-order valence-corrected chi connectivity index (χ0v) is 14.6. The maximum absolute atomic E-state index is 12.4. The monoisotopic (exact) mass is 358 g/mol.